The Kier molecular flexibility index (Phi) is 7.76. The molecule has 1 aromatic heterocycles. The number of anilines is 1. The molecule has 1 spiro atoms. The highest BCUT2D eigenvalue weighted by Crippen LogP contribution is 2.74. The highest BCUT2D eigenvalue weighted by Gasteiger charge is 2.87. The molecule has 13 atom stereocenters. The van der Waals surface area contributed by atoms with Crippen LogP contribution in [0.2, 0.25) is 0 Å². The van der Waals surface area contributed by atoms with Gasteiger partial charge < -0.3 is 29.5 Å². The maximum Gasteiger partial charge on any atom is 0.340 e. The van der Waals surface area contributed by atoms with Gasteiger partial charge in [0, 0.05) is 62.1 Å². The molecule has 6 aliphatic rings. The molecule has 13 heteroatoms. The molecule has 2 aromatic carbocycles. The van der Waals surface area contributed by atoms with Crippen LogP contribution in [0.25, 0.3) is 10.9 Å². The predicted octanol–water partition coefficient (Wildman–Crippen LogP) is 3.63. The first-order valence-electron chi connectivity index (χ1n) is 18.6. The number of methoxy groups -OCH3 is 2. The van der Waals surface area contributed by atoms with Crippen LogP contribution < -0.4 is 4.72 Å². The van der Waals surface area contributed by atoms with E-state index in [2.05, 4.69) is 21.5 Å². The maximum absolute atomic E-state index is 14.6. The first-order valence-corrected chi connectivity index (χ1v) is 20.1. The normalized spacial score (nSPS) is 42.8. The van der Waals surface area contributed by atoms with Gasteiger partial charge in [0.15, 0.2) is 0 Å². The third-order valence-electron chi connectivity index (χ3n) is 14.4. The summed E-state index contributed by atoms with van der Waals surface area (Å²) in [6, 6.07) is 14.3. The molecular weight excluding hydrogens is 687 g/mol. The molecule has 0 radical (unpaired) electrons. The summed E-state index contributed by atoms with van der Waals surface area (Å²) in [5.41, 5.74) is -4.78. The third kappa shape index (κ3) is 4.21. The van der Waals surface area contributed by atoms with Gasteiger partial charge in [0.1, 0.15) is 21.7 Å². The standard InChI is InChI=1S/C39H47N3O9S/c1-4-23-14-16-36(51-35(44)24-11-5-6-12-26(24)41-52(47,48)28-13-7-9-22-10-8-18-40-33(22)28)17-15-32(43)38-29(36)20-31(42(23)38)37(45)21-27(49-2)25-19-30(38)39(37,46)34(25)50-3/h5-13,18,23,25,27,29-32,34,41,43,45-46H,4,14-17,19-21H2,1-3H3/t23?,25-,27+,29?,30?,31?,32+,34+,36+,37+,38?,39+/m1/s1. The van der Waals surface area contributed by atoms with E-state index in [9.17, 15) is 28.5 Å². The fourth-order valence-electron chi connectivity index (χ4n) is 12.5. The summed E-state index contributed by atoms with van der Waals surface area (Å²) in [6.45, 7) is 2.11. The fraction of sp³-hybridized carbons (Fsp3) is 0.590. The van der Waals surface area contributed by atoms with Crippen LogP contribution in [0.4, 0.5) is 5.69 Å². The van der Waals surface area contributed by atoms with Crippen molar-refractivity contribution in [3.63, 3.8) is 0 Å². The Bertz CT molecular complexity index is 2040. The zero-order valence-electron chi connectivity index (χ0n) is 29.6. The summed E-state index contributed by atoms with van der Waals surface area (Å²) >= 11 is 0. The number of rotatable bonds is 8. The van der Waals surface area contributed by atoms with E-state index in [1.165, 1.54) is 12.3 Å². The van der Waals surface area contributed by atoms with Crippen LogP contribution in [0, 0.1) is 17.8 Å². The Morgan fingerprint density at radius 1 is 1.00 bits per heavy atom. The quantitative estimate of drug-likeness (QED) is 0.250. The van der Waals surface area contributed by atoms with E-state index in [4.69, 9.17) is 14.2 Å². The number of aliphatic hydroxyl groups is 3. The Hall–Kier alpha value is -3.17. The van der Waals surface area contributed by atoms with Crippen molar-refractivity contribution in [2.75, 3.05) is 18.9 Å². The second-order valence-corrected chi connectivity index (χ2v) is 17.7. The van der Waals surface area contributed by atoms with Crippen molar-refractivity contribution >= 4 is 32.6 Å². The number of carbonyl (C=O) groups excluding carboxylic acids is 1. The van der Waals surface area contributed by atoms with Crippen LogP contribution in [0.3, 0.4) is 0 Å². The summed E-state index contributed by atoms with van der Waals surface area (Å²) in [6.07, 6.45) is 3.52. The van der Waals surface area contributed by atoms with Gasteiger partial charge in [0.25, 0.3) is 10.0 Å². The van der Waals surface area contributed by atoms with Gasteiger partial charge in [-0.2, -0.15) is 0 Å². The lowest BCUT2D eigenvalue weighted by Gasteiger charge is -2.67. The highest BCUT2D eigenvalue weighted by molar-refractivity contribution is 7.93. The molecule has 7 bridgehead atoms. The molecule has 6 unspecified atom stereocenters. The Balaban J connectivity index is 1.12. The van der Waals surface area contributed by atoms with Gasteiger partial charge in [-0.05, 0) is 69.2 Å². The zero-order chi connectivity index (χ0) is 36.4. The number of carbonyl (C=O) groups is 1. The molecule has 3 aromatic rings. The fourth-order valence-corrected chi connectivity index (χ4v) is 13.8. The molecule has 3 saturated heterocycles. The van der Waals surface area contributed by atoms with Crippen LogP contribution in [-0.2, 0) is 24.2 Å². The molecule has 0 amide bonds. The van der Waals surface area contributed by atoms with Crippen LogP contribution >= 0.6 is 0 Å². The van der Waals surface area contributed by atoms with Crippen molar-refractivity contribution in [3.05, 3.63) is 66.4 Å². The third-order valence-corrected chi connectivity index (χ3v) is 15.8. The molecule has 52 heavy (non-hydrogen) atoms. The number of hydrogen-bond acceptors (Lipinski definition) is 11. The van der Waals surface area contributed by atoms with E-state index >= 15 is 0 Å². The van der Waals surface area contributed by atoms with E-state index in [0.717, 1.165) is 6.42 Å². The summed E-state index contributed by atoms with van der Waals surface area (Å²) in [4.78, 5) is 21.2. The number of benzene rings is 2. The second kappa shape index (κ2) is 11.7. The molecule has 278 valence electrons. The number of sulfonamides is 1. The monoisotopic (exact) mass is 733 g/mol. The number of ether oxygens (including phenoxy) is 3. The average molecular weight is 734 g/mol. The van der Waals surface area contributed by atoms with Crippen molar-refractivity contribution in [2.24, 2.45) is 17.8 Å². The van der Waals surface area contributed by atoms with Crippen LogP contribution in [0.5, 0.6) is 0 Å². The smallest absolute Gasteiger partial charge is 0.340 e. The van der Waals surface area contributed by atoms with Crippen molar-refractivity contribution < 1.29 is 42.7 Å². The minimum atomic E-state index is -4.17. The molecule has 3 aliphatic carbocycles. The maximum atomic E-state index is 14.6. The SMILES string of the molecule is CCC1CC[C@]2(OC(=O)c3ccccc3NS(=O)(=O)c3cccc4cccnc34)CC[C@H](O)C34C2CC(N13)[C@@]1(O)C[C@H](OC)[C@H]2CC4[C@]1(O)[C@H]2OC. The first kappa shape index (κ1) is 34.6. The Labute approximate surface area is 303 Å². The molecule has 4 heterocycles. The molecule has 3 saturated carbocycles. The van der Waals surface area contributed by atoms with Crippen molar-refractivity contribution in [1.82, 2.24) is 9.88 Å². The molecular formula is C39H47N3O9S. The number of aliphatic hydroxyl groups excluding tert-OH is 1. The van der Waals surface area contributed by atoms with Gasteiger partial charge in [-0.3, -0.25) is 14.6 Å². The predicted molar refractivity (Wildman–Crippen MR) is 190 cm³/mol. The largest absolute Gasteiger partial charge is 0.455 e. The number of fused-ring (bicyclic) bond motifs is 3. The van der Waals surface area contributed by atoms with Crippen LogP contribution in [0.1, 0.15) is 68.6 Å². The number of piperidine rings is 1. The van der Waals surface area contributed by atoms with Crippen molar-refractivity contribution in [1.29, 1.82) is 0 Å². The number of hydrogen-bond donors (Lipinski definition) is 4. The minimum Gasteiger partial charge on any atom is -0.455 e. The van der Waals surface area contributed by atoms with Gasteiger partial charge in [0.2, 0.25) is 0 Å². The van der Waals surface area contributed by atoms with E-state index in [1.807, 2.05) is 0 Å². The number of para-hydroxylation sites is 2. The zero-order valence-corrected chi connectivity index (χ0v) is 30.5. The van der Waals surface area contributed by atoms with Crippen LogP contribution in [-0.4, -0.2) is 107 Å². The lowest BCUT2D eigenvalue weighted by Crippen LogP contribution is -2.84. The first-order chi connectivity index (χ1) is 24.9. The minimum absolute atomic E-state index is 0.00960. The van der Waals surface area contributed by atoms with E-state index < -0.39 is 68.4 Å². The lowest BCUT2D eigenvalue weighted by molar-refractivity contribution is -0.323. The molecule has 6 fully saturated rings. The van der Waals surface area contributed by atoms with Crippen LogP contribution in [0.15, 0.2) is 65.7 Å². The van der Waals surface area contributed by atoms with E-state index in [1.54, 1.807) is 62.8 Å². The second-order valence-electron chi connectivity index (χ2n) is 16.0. The van der Waals surface area contributed by atoms with Crippen molar-refractivity contribution in [3.8, 4) is 0 Å². The lowest BCUT2D eigenvalue weighted by atomic mass is 9.53. The van der Waals surface area contributed by atoms with Gasteiger partial charge >= 0.3 is 5.97 Å². The number of nitrogens with zero attached hydrogens (tertiary/aromatic N) is 2. The number of pyridine rings is 1. The average Bonchev–Trinajstić information content (AvgIpc) is 3.60. The molecule has 9 rings (SSSR count). The van der Waals surface area contributed by atoms with Gasteiger partial charge in [-0.15, -0.1) is 0 Å². The summed E-state index contributed by atoms with van der Waals surface area (Å²) in [5, 5.41) is 38.9. The molecule has 12 nitrogen and oxygen atoms in total. The molecule has 4 N–H and O–H groups in total. The summed E-state index contributed by atoms with van der Waals surface area (Å²) in [5.74, 6) is -1.83. The number of aromatic nitrogens is 1. The Morgan fingerprint density at radius 3 is 2.54 bits per heavy atom. The van der Waals surface area contributed by atoms with Crippen molar-refractivity contribution in [2.45, 2.75) is 116 Å². The Morgan fingerprint density at radius 2 is 1.77 bits per heavy atom. The summed E-state index contributed by atoms with van der Waals surface area (Å²) < 4.78 is 49.1. The number of esters is 1. The number of nitrogens with one attached hydrogen (secondary N) is 1. The highest BCUT2D eigenvalue weighted by atomic mass is 32.2. The topological polar surface area (TPSA) is 168 Å². The van der Waals surface area contributed by atoms with E-state index in [-0.39, 0.29) is 40.6 Å². The van der Waals surface area contributed by atoms with E-state index in [0.29, 0.717) is 49.4 Å². The van der Waals surface area contributed by atoms with Gasteiger partial charge in [-0.25, -0.2) is 13.2 Å². The van der Waals surface area contributed by atoms with Gasteiger partial charge in [-0.1, -0.05) is 37.3 Å². The molecule has 3 aliphatic heterocycles. The van der Waals surface area contributed by atoms with Gasteiger partial charge in [0.05, 0.1) is 40.6 Å². The summed E-state index contributed by atoms with van der Waals surface area (Å²) in [7, 11) is -0.967.